The SMILES string of the molecule is O=C1C=CC2=CC3(OCCO3)C3(C=C12)CC3. The second-order valence-electron chi connectivity index (χ2n) is 4.88. The number of fused-ring (bicyclic) bond motifs is 2. The van der Waals surface area contributed by atoms with Crippen LogP contribution in [-0.2, 0) is 14.3 Å². The van der Waals surface area contributed by atoms with Gasteiger partial charge in [-0.3, -0.25) is 4.79 Å². The molecule has 0 bridgehead atoms. The fraction of sp³-hybridized carbons (Fsp3) is 0.462. The number of hydrogen-bond donors (Lipinski definition) is 0. The van der Waals surface area contributed by atoms with Gasteiger partial charge in [0.15, 0.2) is 11.6 Å². The van der Waals surface area contributed by atoms with Gasteiger partial charge in [0.1, 0.15) is 0 Å². The summed E-state index contributed by atoms with van der Waals surface area (Å²) in [6.45, 7) is 1.29. The molecule has 0 aromatic rings. The molecule has 0 radical (unpaired) electrons. The molecule has 3 aliphatic carbocycles. The summed E-state index contributed by atoms with van der Waals surface area (Å²) in [4.78, 5) is 11.6. The molecule has 3 heteroatoms. The van der Waals surface area contributed by atoms with Gasteiger partial charge in [-0.25, -0.2) is 0 Å². The van der Waals surface area contributed by atoms with Gasteiger partial charge in [0.2, 0.25) is 0 Å². The Morgan fingerprint density at radius 1 is 1.06 bits per heavy atom. The standard InChI is InChI=1S/C13H12O3/c14-11-2-1-9-7-13(15-5-6-16-13)12(3-4-12)8-10(9)11/h1-2,7-8H,3-6H2. The molecule has 0 aromatic heterocycles. The van der Waals surface area contributed by atoms with E-state index in [-0.39, 0.29) is 11.2 Å². The number of ether oxygens (including phenoxy) is 2. The van der Waals surface area contributed by atoms with Crippen LogP contribution in [0.5, 0.6) is 0 Å². The van der Waals surface area contributed by atoms with Crippen molar-refractivity contribution in [1.29, 1.82) is 0 Å². The van der Waals surface area contributed by atoms with Crippen LogP contribution in [0.1, 0.15) is 12.8 Å². The van der Waals surface area contributed by atoms with Crippen molar-refractivity contribution in [3.05, 3.63) is 35.5 Å². The van der Waals surface area contributed by atoms with Gasteiger partial charge >= 0.3 is 0 Å². The maximum absolute atomic E-state index is 11.6. The third-order valence-electron chi connectivity index (χ3n) is 3.96. The third kappa shape index (κ3) is 0.890. The Hall–Kier alpha value is -1.19. The second kappa shape index (κ2) is 2.55. The molecule has 4 rings (SSSR count). The number of carbonyl (C=O) groups is 1. The normalized spacial score (nSPS) is 31.9. The summed E-state index contributed by atoms with van der Waals surface area (Å²) < 4.78 is 11.6. The van der Waals surface area contributed by atoms with Gasteiger partial charge in [-0.1, -0.05) is 12.2 Å². The first kappa shape index (κ1) is 8.90. The zero-order valence-electron chi connectivity index (χ0n) is 8.86. The summed E-state index contributed by atoms with van der Waals surface area (Å²) in [5, 5.41) is 0. The van der Waals surface area contributed by atoms with Crippen LogP contribution in [0, 0.1) is 5.41 Å². The van der Waals surface area contributed by atoms with Gasteiger partial charge in [0.25, 0.3) is 0 Å². The molecule has 0 N–H and O–H groups in total. The van der Waals surface area contributed by atoms with Crippen LogP contribution in [0.2, 0.25) is 0 Å². The van der Waals surface area contributed by atoms with E-state index in [2.05, 4.69) is 6.08 Å². The molecule has 1 saturated carbocycles. The van der Waals surface area contributed by atoms with Crippen molar-refractivity contribution in [2.24, 2.45) is 5.41 Å². The van der Waals surface area contributed by atoms with Crippen molar-refractivity contribution in [2.45, 2.75) is 18.6 Å². The van der Waals surface area contributed by atoms with Gasteiger partial charge in [0, 0.05) is 11.0 Å². The molecule has 0 unspecified atom stereocenters. The van der Waals surface area contributed by atoms with Gasteiger partial charge < -0.3 is 9.47 Å². The average Bonchev–Trinajstić information content (AvgIpc) is 2.77. The smallest absolute Gasteiger partial charge is 0.198 e. The minimum absolute atomic E-state index is 0.0655. The van der Waals surface area contributed by atoms with Crippen LogP contribution in [0.4, 0.5) is 0 Å². The van der Waals surface area contributed by atoms with Gasteiger partial charge in [-0.2, -0.15) is 0 Å². The van der Waals surface area contributed by atoms with Gasteiger partial charge in [0.05, 0.1) is 13.2 Å². The predicted molar refractivity (Wildman–Crippen MR) is 56.6 cm³/mol. The molecule has 16 heavy (non-hydrogen) atoms. The molecule has 82 valence electrons. The summed E-state index contributed by atoms with van der Waals surface area (Å²) in [6.07, 6.45) is 9.67. The van der Waals surface area contributed by atoms with E-state index in [0.29, 0.717) is 13.2 Å². The van der Waals surface area contributed by atoms with E-state index >= 15 is 0 Å². The largest absolute Gasteiger partial charge is 0.343 e. The van der Waals surface area contributed by atoms with Crippen LogP contribution >= 0.6 is 0 Å². The summed E-state index contributed by atoms with van der Waals surface area (Å²) in [7, 11) is 0. The molecule has 0 aromatic carbocycles. The van der Waals surface area contributed by atoms with Crippen molar-refractivity contribution in [1.82, 2.24) is 0 Å². The highest BCUT2D eigenvalue weighted by Crippen LogP contribution is 2.62. The van der Waals surface area contributed by atoms with Gasteiger partial charge in [-0.05, 0) is 30.6 Å². The van der Waals surface area contributed by atoms with Crippen LogP contribution in [0.25, 0.3) is 0 Å². The lowest BCUT2D eigenvalue weighted by molar-refractivity contribution is -0.155. The summed E-state index contributed by atoms with van der Waals surface area (Å²) >= 11 is 0. The summed E-state index contributed by atoms with van der Waals surface area (Å²) in [5.41, 5.74) is 1.73. The highest BCUT2D eigenvalue weighted by Gasteiger charge is 2.63. The first-order valence-corrected chi connectivity index (χ1v) is 5.71. The van der Waals surface area contributed by atoms with Crippen molar-refractivity contribution < 1.29 is 14.3 Å². The number of rotatable bonds is 0. The maximum Gasteiger partial charge on any atom is 0.198 e. The molecule has 1 heterocycles. The summed E-state index contributed by atoms with van der Waals surface area (Å²) in [5.74, 6) is -0.466. The van der Waals surface area contributed by atoms with E-state index in [1.807, 2.05) is 12.2 Å². The molecule has 0 amide bonds. The van der Waals surface area contributed by atoms with Crippen LogP contribution < -0.4 is 0 Å². The average molecular weight is 216 g/mol. The van der Waals surface area contributed by atoms with E-state index in [9.17, 15) is 4.79 Å². The second-order valence-corrected chi connectivity index (χ2v) is 4.88. The first-order valence-electron chi connectivity index (χ1n) is 5.71. The Balaban J connectivity index is 1.88. The molecule has 2 spiro atoms. The predicted octanol–water partition coefficient (Wildman–Crippen LogP) is 1.51. The van der Waals surface area contributed by atoms with E-state index in [1.165, 1.54) is 0 Å². The van der Waals surface area contributed by atoms with Crippen molar-refractivity contribution in [3.63, 3.8) is 0 Å². The van der Waals surface area contributed by atoms with Crippen molar-refractivity contribution in [3.8, 4) is 0 Å². The molecule has 2 fully saturated rings. The highest BCUT2D eigenvalue weighted by atomic mass is 16.7. The Morgan fingerprint density at radius 2 is 1.81 bits per heavy atom. The van der Waals surface area contributed by atoms with Crippen molar-refractivity contribution in [2.75, 3.05) is 13.2 Å². The number of ketones is 1. The van der Waals surface area contributed by atoms with Crippen LogP contribution in [0.3, 0.4) is 0 Å². The topological polar surface area (TPSA) is 35.5 Å². The monoisotopic (exact) mass is 216 g/mol. The van der Waals surface area contributed by atoms with E-state index in [0.717, 1.165) is 24.0 Å². The fourth-order valence-corrected chi connectivity index (χ4v) is 2.92. The Labute approximate surface area is 93.4 Å². The molecule has 0 atom stereocenters. The highest BCUT2D eigenvalue weighted by molar-refractivity contribution is 6.12. The number of carbonyl (C=O) groups excluding carboxylic acids is 1. The summed E-state index contributed by atoms with van der Waals surface area (Å²) in [6, 6.07) is 0. The van der Waals surface area contributed by atoms with Crippen molar-refractivity contribution >= 4 is 5.78 Å². The van der Waals surface area contributed by atoms with E-state index in [4.69, 9.17) is 9.47 Å². The fourth-order valence-electron chi connectivity index (χ4n) is 2.92. The zero-order chi connectivity index (χ0) is 10.8. The Bertz CT molecular complexity index is 471. The Kier molecular flexibility index (Phi) is 1.42. The lowest BCUT2D eigenvalue weighted by Crippen LogP contribution is -2.40. The lowest BCUT2D eigenvalue weighted by Gasteiger charge is -2.35. The molecular formula is C13H12O3. The minimum Gasteiger partial charge on any atom is -0.343 e. The minimum atomic E-state index is -0.583. The van der Waals surface area contributed by atoms with E-state index < -0.39 is 5.79 Å². The number of hydrogen-bond acceptors (Lipinski definition) is 3. The zero-order valence-corrected chi connectivity index (χ0v) is 8.86. The quantitative estimate of drug-likeness (QED) is 0.615. The third-order valence-corrected chi connectivity index (χ3v) is 3.96. The molecule has 1 aliphatic heterocycles. The maximum atomic E-state index is 11.6. The first-order chi connectivity index (χ1) is 7.75. The number of allylic oxidation sites excluding steroid dienone is 4. The molecule has 3 nitrogen and oxygen atoms in total. The molecule has 1 saturated heterocycles. The van der Waals surface area contributed by atoms with Crippen LogP contribution in [-0.4, -0.2) is 24.8 Å². The van der Waals surface area contributed by atoms with E-state index in [1.54, 1.807) is 6.08 Å². The molecular weight excluding hydrogens is 204 g/mol. The molecule has 4 aliphatic rings. The van der Waals surface area contributed by atoms with Crippen LogP contribution in [0.15, 0.2) is 35.5 Å². The Morgan fingerprint density at radius 3 is 2.50 bits per heavy atom. The van der Waals surface area contributed by atoms with Gasteiger partial charge in [-0.15, -0.1) is 0 Å². The lowest BCUT2D eigenvalue weighted by atomic mass is 9.83.